The van der Waals surface area contributed by atoms with E-state index in [2.05, 4.69) is 45.5 Å². The minimum Gasteiger partial charge on any atom is -0.384 e. The molecular weight excluding hydrogens is 496 g/mol. The van der Waals surface area contributed by atoms with E-state index in [0.29, 0.717) is 12.8 Å². The Morgan fingerprint density at radius 3 is 2.44 bits per heavy atom. The molecule has 0 spiro atoms. The lowest BCUT2D eigenvalue weighted by atomic mass is 9.84. The quantitative estimate of drug-likeness (QED) is 0.260. The van der Waals surface area contributed by atoms with Crippen LogP contribution in [0.15, 0.2) is 53.2 Å². The number of carbonyl (C=O) groups is 2. The van der Waals surface area contributed by atoms with Crippen LogP contribution in [0.3, 0.4) is 0 Å². The molecule has 8 nitrogen and oxygen atoms in total. The van der Waals surface area contributed by atoms with Gasteiger partial charge in [0.25, 0.3) is 11.8 Å². The fourth-order valence-corrected chi connectivity index (χ4v) is 5.31. The van der Waals surface area contributed by atoms with Gasteiger partial charge >= 0.3 is 0 Å². The molecule has 1 aromatic heterocycles. The molecule has 1 saturated carbocycles. The standard InChI is InChI=1S/C26H29ClN6O2S/c27-22-8-7-21(36-22)18-3-1-17(2-4-18)16-33-13-10-26(9-12-28,11-14-33)31-15-20(24(30)34)23(29)32-25(35)19-5-6-19/h1-4,7-8,15,19,31H,5-6,9-11,13-14,16H2,(H2,30,34)(H2,29,32,35)/b20-15+. The number of piperidine rings is 1. The molecular formula is C26H29ClN6O2S. The average Bonchev–Trinajstić information content (AvgIpc) is 3.62. The van der Waals surface area contributed by atoms with Crippen molar-refractivity contribution in [3.8, 4) is 16.5 Å². The molecule has 2 amide bonds. The number of likely N-dealkylation sites (tertiary alicyclic amines) is 1. The van der Waals surface area contributed by atoms with E-state index in [-0.39, 0.29) is 29.7 Å². The number of benzene rings is 1. The van der Waals surface area contributed by atoms with Gasteiger partial charge in [-0.25, -0.2) is 0 Å². The number of nitrogens with one attached hydrogen (secondary N) is 1. The smallest absolute Gasteiger partial charge is 0.253 e. The molecule has 1 aromatic carbocycles. The SMILES string of the molecule is N#CCC1(N/C=C(/C(N)=O)C(N)=NC(=O)C2CC2)CCN(Cc2ccc(-c3ccc(Cl)s3)cc2)CC1. The van der Waals surface area contributed by atoms with E-state index in [4.69, 9.17) is 23.1 Å². The van der Waals surface area contributed by atoms with E-state index in [1.807, 2.05) is 12.1 Å². The minimum absolute atomic E-state index is 0.0455. The van der Waals surface area contributed by atoms with Crippen molar-refractivity contribution >= 4 is 40.6 Å². The van der Waals surface area contributed by atoms with Gasteiger partial charge in [0.1, 0.15) is 5.84 Å². The van der Waals surface area contributed by atoms with Gasteiger partial charge in [-0.1, -0.05) is 35.9 Å². The molecule has 5 N–H and O–H groups in total. The van der Waals surface area contributed by atoms with Crippen LogP contribution in [0.25, 0.3) is 10.4 Å². The highest BCUT2D eigenvalue weighted by Gasteiger charge is 2.34. The second kappa shape index (κ2) is 11.2. The predicted molar refractivity (Wildman–Crippen MR) is 142 cm³/mol. The summed E-state index contributed by atoms with van der Waals surface area (Å²) in [6.45, 7) is 2.36. The third-order valence-electron chi connectivity index (χ3n) is 6.67. The van der Waals surface area contributed by atoms with Crippen molar-refractivity contribution in [2.75, 3.05) is 13.1 Å². The maximum Gasteiger partial charge on any atom is 0.253 e. The van der Waals surface area contributed by atoms with Crippen LogP contribution in [0.2, 0.25) is 4.34 Å². The molecule has 0 bridgehead atoms. The Labute approximate surface area is 219 Å². The summed E-state index contributed by atoms with van der Waals surface area (Å²) in [6, 6.07) is 14.7. The number of hydrogen-bond acceptors (Lipinski definition) is 6. The van der Waals surface area contributed by atoms with E-state index in [1.165, 1.54) is 11.8 Å². The first kappa shape index (κ1) is 25.9. The van der Waals surface area contributed by atoms with Crippen LogP contribution in [0.5, 0.6) is 0 Å². The van der Waals surface area contributed by atoms with Crippen molar-refractivity contribution < 1.29 is 9.59 Å². The Hall–Kier alpha value is -3.19. The zero-order chi connectivity index (χ0) is 25.7. The van der Waals surface area contributed by atoms with Crippen molar-refractivity contribution in [3.05, 3.63) is 58.1 Å². The summed E-state index contributed by atoms with van der Waals surface area (Å²) in [4.78, 5) is 31.3. The molecule has 1 aliphatic carbocycles. The molecule has 2 aromatic rings. The van der Waals surface area contributed by atoms with Gasteiger partial charge in [0.2, 0.25) is 0 Å². The summed E-state index contributed by atoms with van der Waals surface area (Å²) in [5.74, 6) is -1.40. The normalized spacial score (nSPS) is 18.4. The van der Waals surface area contributed by atoms with Gasteiger partial charge < -0.3 is 16.8 Å². The molecule has 2 aliphatic rings. The number of primary amides is 1. The summed E-state index contributed by atoms with van der Waals surface area (Å²) in [7, 11) is 0. The fraction of sp³-hybridized carbons (Fsp3) is 0.385. The van der Waals surface area contributed by atoms with E-state index in [9.17, 15) is 14.9 Å². The number of nitriles is 1. The monoisotopic (exact) mass is 524 g/mol. The number of amidine groups is 1. The first-order valence-corrected chi connectivity index (χ1v) is 13.1. The third kappa shape index (κ3) is 6.52. The number of carbonyl (C=O) groups excluding carboxylic acids is 2. The summed E-state index contributed by atoms with van der Waals surface area (Å²) in [5, 5.41) is 12.7. The zero-order valence-electron chi connectivity index (χ0n) is 19.9. The molecule has 0 radical (unpaired) electrons. The van der Waals surface area contributed by atoms with Gasteiger partial charge in [-0.2, -0.15) is 10.3 Å². The highest BCUT2D eigenvalue weighted by atomic mass is 35.5. The highest BCUT2D eigenvalue weighted by molar-refractivity contribution is 7.19. The summed E-state index contributed by atoms with van der Waals surface area (Å²) >= 11 is 7.61. The molecule has 1 saturated heterocycles. The first-order chi connectivity index (χ1) is 17.3. The molecule has 10 heteroatoms. The minimum atomic E-state index is -0.773. The molecule has 2 heterocycles. The lowest BCUT2D eigenvalue weighted by Crippen LogP contribution is -2.51. The van der Waals surface area contributed by atoms with Gasteiger partial charge in [-0.3, -0.25) is 14.5 Å². The van der Waals surface area contributed by atoms with Crippen molar-refractivity contribution in [3.63, 3.8) is 0 Å². The number of hydrogen-bond donors (Lipinski definition) is 3. The van der Waals surface area contributed by atoms with Crippen molar-refractivity contribution in [2.24, 2.45) is 22.4 Å². The van der Waals surface area contributed by atoms with E-state index >= 15 is 0 Å². The Morgan fingerprint density at radius 1 is 1.19 bits per heavy atom. The highest BCUT2D eigenvalue weighted by Crippen LogP contribution is 2.32. The van der Waals surface area contributed by atoms with Gasteiger partial charge in [0, 0.05) is 36.6 Å². The lowest BCUT2D eigenvalue weighted by molar-refractivity contribution is -0.118. The van der Waals surface area contributed by atoms with Gasteiger partial charge in [-0.05, 0) is 48.9 Å². The zero-order valence-corrected chi connectivity index (χ0v) is 21.4. The van der Waals surface area contributed by atoms with E-state index in [1.54, 1.807) is 11.3 Å². The Bertz CT molecular complexity index is 1220. The maximum absolute atomic E-state index is 12.0. The summed E-state index contributed by atoms with van der Waals surface area (Å²) < 4.78 is 0.774. The van der Waals surface area contributed by atoms with Crippen LogP contribution in [0.4, 0.5) is 0 Å². The molecule has 4 rings (SSSR count). The molecule has 2 fully saturated rings. The first-order valence-electron chi connectivity index (χ1n) is 11.9. The van der Waals surface area contributed by atoms with Gasteiger partial charge in [0.15, 0.2) is 0 Å². The van der Waals surface area contributed by atoms with Crippen LogP contribution in [0.1, 0.15) is 37.7 Å². The second-order valence-electron chi connectivity index (χ2n) is 9.37. The largest absolute Gasteiger partial charge is 0.384 e. The van der Waals surface area contributed by atoms with Crippen molar-refractivity contribution in [1.82, 2.24) is 10.2 Å². The molecule has 36 heavy (non-hydrogen) atoms. The molecule has 1 aliphatic heterocycles. The predicted octanol–water partition coefficient (Wildman–Crippen LogP) is 3.57. The second-order valence-corrected chi connectivity index (χ2v) is 11.1. The maximum atomic E-state index is 12.0. The average molecular weight is 525 g/mol. The van der Waals surface area contributed by atoms with E-state index < -0.39 is 11.4 Å². The molecule has 0 unspecified atom stereocenters. The van der Waals surface area contributed by atoms with Crippen LogP contribution in [-0.4, -0.2) is 41.2 Å². The number of amides is 2. The van der Waals surface area contributed by atoms with Crippen LogP contribution >= 0.6 is 22.9 Å². The summed E-state index contributed by atoms with van der Waals surface area (Å²) in [5.41, 5.74) is 13.2. The number of aliphatic imine (C=N–C) groups is 1. The number of thiophene rings is 1. The molecule has 188 valence electrons. The number of nitrogens with zero attached hydrogens (tertiary/aromatic N) is 3. The summed E-state index contributed by atoms with van der Waals surface area (Å²) in [6.07, 6.45) is 4.67. The van der Waals surface area contributed by atoms with Crippen molar-refractivity contribution in [1.29, 1.82) is 5.26 Å². The van der Waals surface area contributed by atoms with Crippen LogP contribution in [-0.2, 0) is 16.1 Å². The fourth-order valence-electron chi connectivity index (χ4n) is 4.26. The number of nitrogens with two attached hydrogens (primary N) is 2. The van der Waals surface area contributed by atoms with Crippen molar-refractivity contribution in [2.45, 2.75) is 44.2 Å². The van der Waals surface area contributed by atoms with Crippen LogP contribution in [0, 0.1) is 17.2 Å². The number of rotatable bonds is 9. The van der Waals surface area contributed by atoms with E-state index in [0.717, 1.165) is 47.3 Å². The molecule has 0 atom stereocenters. The number of halogens is 1. The Morgan fingerprint density at radius 2 is 1.89 bits per heavy atom. The Kier molecular flexibility index (Phi) is 8.09. The van der Waals surface area contributed by atoms with Gasteiger partial charge in [-0.15, -0.1) is 11.3 Å². The lowest BCUT2D eigenvalue weighted by Gasteiger charge is -2.41. The third-order valence-corrected chi connectivity index (χ3v) is 7.95. The Balaban J connectivity index is 1.38. The van der Waals surface area contributed by atoms with Crippen LogP contribution < -0.4 is 16.8 Å². The van der Waals surface area contributed by atoms with Gasteiger partial charge in [0.05, 0.1) is 27.9 Å². The topological polar surface area (TPSA) is 138 Å².